The number of hydrogen-bond donors (Lipinski definition) is 1. The molecule has 0 spiro atoms. The maximum atomic E-state index is 12.5. The van der Waals surface area contributed by atoms with Gasteiger partial charge in [0.1, 0.15) is 5.75 Å². The van der Waals surface area contributed by atoms with Crippen molar-refractivity contribution in [3.63, 3.8) is 0 Å². The third-order valence-corrected chi connectivity index (χ3v) is 6.22. The Morgan fingerprint density at radius 3 is 2.70 bits per heavy atom. The second-order valence-electron chi connectivity index (χ2n) is 5.98. The van der Waals surface area contributed by atoms with Crippen LogP contribution >= 0.6 is 23.1 Å². The average molecular weight is 404 g/mol. The number of methoxy groups -OCH3 is 1. The molecular weight excluding hydrogens is 382 g/mol. The second kappa shape index (κ2) is 8.10. The van der Waals surface area contributed by atoms with Crippen LogP contribution in [0.25, 0.3) is 11.4 Å². The van der Waals surface area contributed by atoms with Gasteiger partial charge in [0.15, 0.2) is 16.1 Å². The minimum Gasteiger partial charge on any atom is -0.496 e. The van der Waals surface area contributed by atoms with Crippen molar-refractivity contribution in [1.29, 1.82) is 0 Å². The summed E-state index contributed by atoms with van der Waals surface area (Å²) in [5, 5.41) is 12.3. The first kappa shape index (κ1) is 19.4. The lowest BCUT2D eigenvalue weighted by Gasteiger charge is -2.11. The van der Waals surface area contributed by atoms with E-state index in [2.05, 4.69) is 20.5 Å². The number of rotatable bonds is 6. The van der Waals surface area contributed by atoms with Gasteiger partial charge in [0, 0.05) is 11.9 Å². The predicted molar refractivity (Wildman–Crippen MR) is 109 cm³/mol. The van der Waals surface area contributed by atoms with Gasteiger partial charge in [-0.2, -0.15) is 0 Å². The van der Waals surface area contributed by atoms with Crippen molar-refractivity contribution in [1.82, 2.24) is 19.7 Å². The van der Waals surface area contributed by atoms with Crippen molar-refractivity contribution in [3.8, 4) is 17.1 Å². The fraction of sp³-hybridized carbons (Fsp3) is 0.333. The van der Waals surface area contributed by atoms with E-state index < -0.39 is 0 Å². The highest BCUT2D eigenvalue weighted by molar-refractivity contribution is 8.00. The monoisotopic (exact) mass is 403 g/mol. The molecule has 0 unspecified atom stereocenters. The Morgan fingerprint density at radius 2 is 2.04 bits per heavy atom. The molecule has 142 valence electrons. The number of nitrogens with zero attached hydrogens (tertiary/aromatic N) is 4. The normalized spacial score (nSPS) is 12.0. The van der Waals surface area contributed by atoms with E-state index in [-0.39, 0.29) is 11.2 Å². The van der Waals surface area contributed by atoms with E-state index >= 15 is 0 Å². The Labute approximate surface area is 166 Å². The molecule has 3 aromatic rings. The van der Waals surface area contributed by atoms with E-state index in [1.807, 2.05) is 56.7 Å². The van der Waals surface area contributed by atoms with Crippen molar-refractivity contribution in [2.24, 2.45) is 7.05 Å². The van der Waals surface area contributed by atoms with Gasteiger partial charge in [-0.15, -0.1) is 21.5 Å². The Morgan fingerprint density at radius 1 is 1.30 bits per heavy atom. The molecule has 1 amide bonds. The van der Waals surface area contributed by atoms with Crippen LogP contribution in [0, 0.1) is 13.8 Å². The summed E-state index contributed by atoms with van der Waals surface area (Å²) in [6.07, 6.45) is 0. The van der Waals surface area contributed by atoms with Gasteiger partial charge in [-0.05, 0) is 32.9 Å². The molecule has 0 bridgehead atoms. The Hall–Kier alpha value is -2.39. The molecule has 0 fully saturated rings. The molecule has 1 aromatic carbocycles. The van der Waals surface area contributed by atoms with Crippen LogP contribution < -0.4 is 10.1 Å². The molecule has 1 N–H and O–H groups in total. The number of amides is 1. The zero-order valence-corrected chi connectivity index (χ0v) is 17.4. The molecule has 2 aromatic heterocycles. The molecule has 7 nitrogen and oxygen atoms in total. The molecule has 3 rings (SSSR count). The van der Waals surface area contributed by atoms with E-state index in [4.69, 9.17) is 4.74 Å². The summed E-state index contributed by atoms with van der Waals surface area (Å²) >= 11 is 2.83. The summed E-state index contributed by atoms with van der Waals surface area (Å²) in [6, 6.07) is 7.64. The highest BCUT2D eigenvalue weighted by Crippen LogP contribution is 2.31. The number of aryl methyl sites for hydroxylation is 2. The molecule has 0 saturated heterocycles. The number of para-hydroxylation sites is 1. The fourth-order valence-corrected chi connectivity index (χ4v) is 4.06. The minimum absolute atomic E-state index is 0.115. The summed E-state index contributed by atoms with van der Waals surface area (Å²) in [5.74, 6) is 1.30. The largest absolute Gasteiger partial charge is 0.496 e. The van der Waals surface area contributed by atoms with Crippen LogP contribution in [0.5, 0.6) is 5.75 Å². The molecule has 0 saturated carbocycles. The van der Waals surface area contributed by atoms with Crippen LogP contribution in [0.4, 0.5) is 5.13 Å². The molecule has 0 aliphatic heterocycles. The first-order valence-electron chi connectivity index (χ1n) is 8.35. The number of thioether (sulfide) groups is 1. The van der Waals surface area contributed by atoms with Crippen LogP contribution in [0.15, 0.2) is 29.4 Å². The number of carbonyl (C=O) groups excluding carboxylic acids is 1. The lowest BCUT2D eigenvalue weighted by molar-refractivity contribution is -0.115. The van der Waals surface area contributed by atoms with Crippen LogP contribution in [0.2, 0.25) is 0 Å². The molecular formula is C18H21N5O2S2. The van der Waals surface area contributed by atoms with E-state index in [9.17, 15) is 4.79 Å². The molecule has 0 radical (unpaired) electrons. The third kappa shape index (κ3) is 4.14. The van der Waals surface area contributed by atoms with Crippen LogP contribution in [0.3, 0.4) is 0 Å². The second-order valence-corrected chi connectivity index (χ2v) is 8.49. The zero-order chi connectivity index (χ0) is 19.6. The number of nitrogens with one attached hydrogen (secondary N) is 1. The Bertz CT molecular complexity index is 947. The van der Waals surface area contributed by atoms with E-state index in [0.29, 0.717) is 16.1 Å². The van der Waals surface area contributed by atoms with Gasteiger partial charge in [0.05, 0.1) is 23.6 Å². The standard InChI is InChI=1S/C18H21N5O2S2/c1-10-11(2)26-17(19-10)20-16(24)12(3)27-18-22-21-15(23(18)4)13-8-6-7-9-14(13)25-5/h6-9,12H,1-5H3,(H,19,20,24)/t12-/m0/s1. The number of thiazole rings is 1. The Balaban J connectivity index is 1.74. The lowest BCUT2D eigenvalue weighted by Crippen LogP contribution is -2.22. The van der Waals surface area contributed by atoms with E-state index in [1.165, 1.54) is 23.1 Å². The van der Waals surface area contributed by atoms with Crippen molar-refractivity contribution in [2.45, 2.75) is 31.2 Å². The van der Waals surface area contributed by atoms with E-state index in [0.717, 1.165) is 21.9 Å². The molecule has 27 heavy (non-hydrogen) atoms. The van der Waals surface area contributed by atoms with Gasteiger partial charge in [-0.1, -0.05) is 23.9 Å². The van der Waals surface area contributed by atoms with Crippen molar-refractivity contribution in [2.75, 3.05) is 12.4 Å². The summed E-state index contributed by atoms with van der Waals surface area (Å²) in [5.41, 5.74) is 1.79. The van der Waals surface area contributed by atoms with E-state index in [1.54, 1.807) is 7.11 Å². The van der Waals surface area contributed by atoms with Crippen molar-refractivity contribution >= 4 is 34.1 Å². The summed E-state index contributed by atoms with van der Waals surface area (Å²) < 4.78 is 7.27. The quantitative estimate of drug-likeness (QED) is 0.632. The van der Waals surface area contributed by atoms with Crippen LogP contribution in [-0.4, -0.2) is 38.0 Å². The number of benzene rings is 1. The SMILES string of the molecule is COc1ccccc1-c1nnc(S[C@@H](C)C(=O)Nc2nc(C)c(C)s2)n1C. The van der Waals surface area contributed by atoms with Crippen molar-refractivity contribution < 1.29 is 9.53 Å². The van der Waals surface area contributed by atoms with Crippen LogP contribution in [0.1, 0.15) is 17.5 Å². The summed E-state index contributed by atoms with van der Waals surface area (Å²) in [7, 11) is 3.50. The number of ether oxygens (including phenoxy) is 1. The number of hydrogen-bond acceptors (Lipinski definition) is 7. The number of aromatic nitrogens is 4. The first-order valence-corrected chi connectivity index (χ1v) is 10.0. The van der Waals surface area contributed by atoms with Gasteiger partial charge in [0.25, 0.3) is 0 Å². The molecule has 2 heterocycles. The highest BCUT2D eigenvalue weighted by Gasteiger charge is 2.21. The van der Waals surface area contributed by atoms with Gasteiger partial charge in [-0.3, -0.25) is 4.79 Å². The predicted octanol–water partition coefficient (Wildman–Crippen LogP) is 3.68. The summed E-state index contributed by atoms with van der Waals surface area (Å²) in [4.78, 5) is 17.9. The van der Waals surface area contributed by atoms with Gasteiger partial charge in [0.2, 0.25) is 5.91 Å². The molecule has 0 aliphatic rings. The van der Waals surface area contributed by atoms with Gasteiger partial charge >= 0.3 is 0 Å². The zero-order valence-electron chi connectivity index (χ0n) is 15.8. The lowest BCUT2D eigenvalue weighted by atomic mass is 10.2. The van der Waals surface area contributed by atoms with Gasteiger partial charge < -0.3 is 14.6 Å². The highest BCUT2D eigenvalue weighted by atomic mass is 32.2. The number of anilines is 1. The van der Waals surface area contributed by atoms with Crippen molar-refractivity contribution in [3.05, 3.63) is 34.8 Å². The maximum absolute atomic E-state index is 12.5. The smallest absolute Gasteiger partial charge is 0.239 e. The third-order valence-electron chi connectivity index (χ3n) is 4.09. The van der Waals surface area contributed by atoms with Crippen LogP contribution in [-0.2, 0) is 11.8 Å². The Kier molecular flexibility index (Phi) is 5.81. The molecule has 1 atom stereocenters. The molecule has 9 heteroatoms. The first-order chi connectivity index (χ1) is 12.9. The maximum Gasteiger partial charge on any atom is 0.239 e. The average Bonchev–Trinajstić information content (AvgIpc) is 3.16. The minimum atomic E-state index is -0.345. The topological polar surface area (TPSA) is 81.9 Å². The summed E-state index contributed by atoms with van der Waals surface area (Å²) in [6.45, 7) is 5.75. The number of carbonyl (C=O) groups is 1. The molecule has 0 aliphatic carbocycles. The van der Waals surface area contributed by atoms with Gasteiger partial charge in [-0.25, -0.2) is 4.98 Å². The fourth-order valence-electron chi connectivity index (χ4n) is 2.43.